The Balaban J connectivity index is 1.59. The van der Waals surface area contributed by atoms with E-state index in [4.69, 9.17) is 10.5 Å². The molecule has 2 atom stereocenters. The van der Waals surface area contributed by atoms with Crippen molar-refractivity contribution >= 4 is 27.5 Å². The normalized spacial score (nSPS) is 27.9. The molecule has 4 rings (SSSR count). The first-order chi connectivity index (χ1) is 10.6. The predicted molar refractivity (Wildman–Crippen MR) is 88.0 cm³/mol. The number of halogens is 1. The molecule has 2 aliphatic heterocycles. The minimum atomic E-state index is 0.138. The van der Waals surface area contributed by atoms with Gasteiger partial charge in [-0.1, -0.05) is 0 Å². The maximum Gasteiger partial charge on any atom is 0.211 e. The van der Waals surface area contributed by atoms with E-state index in [0.29, 0.717) is 0 Å². The maximum absolute atomic E-state index is 6.39. The summed E-state index contributed by atoms with van der Waals surface area (Å²) in [7, 11) is 0. The second-order valence-corrected chi connectivity index (χ2v) is 7.27. The Morgan fingerprint density at radius 2 is 2.14 bits per heavy atom. The number of hydrogen-bond donors (Lipinski definition) is 1. The van der Waals surface area contributed by atoms with Gasteiger partial charge in [0.15, 0.2) is 5.65 Å². The van der Waals surface area contributed by atoms with Gasteiger partial charge in [-0.3, -0.25) is 4.40 Å². The zero-order valence-electron chi connectivity index (χ0n) is 12.6. The Morgan fingerprint density at radius 3 is 2.82 bits per heavy atom. The van der Waals surface area contributed by atoms with Gasteiger partial charge < -0.3 is 15.4 Å². The van der Waals surface area contributed by atoms with Crippen molar-refractivity contribution in [2.75, 3.05) is 24.6 Å². The van der Waals surface area contributed by atoms with E-state index in [-0.39, 0.29) is 17.6 Å². The van der Waals surface area contributed by atoms with Crippen LogP contribution in [-0.2, 0) is 4.74 Å². The molecule has 2 aliphatic rings. The lowest BCUT2D eigenvalue weighted by atomic mass is 9.73. The molecular weight excluding hydrogens is 346 g/mol. The monoisotopic (exact) mass is 365 g/mol. The number of nitrogens with two attached hydrogens (primary N) is 1. The highest BCUT2D eigenvalue weighted by molar-refractivity contribution is 9.10. The molecule has 2 aromatic heterocycles. The Bertz CT molecular complexity index is 694. The van der Waals surface area contributed by atoms with Crippen molar-refractivity contribution in [2.45, 2.75) is 31.9 Å². The van der Waals surface area contributed by atoms with Gasteiger partial charge in [0, 0.05) is 43.1 Å². The number of nitrogens with zero attached hydrogens (tertiary/aromatic N) is 4. The smallest absolute Gasteiger partial charge is 0.211 e. The van der Waals surface area contributed by atoms with Crippen molar-refractivity contribution < 1.29 is 4.74 Å². The molecule has 22 heavy (non-hydrogen) atoms. The topological polar surface area (TPSA) is 68.7 Å². The van der Waals surface area contributed by atoms with Crippen LogP contribution in [0.5, 0.6) is 0 Å². The van der Waals surface area contributed by atoms with Gasteiger partial charge in [0.2, 0.25) is 5.95 Å². The van der Waals surface area contributed by atoms with Gasteiger partial charge in [0.05, 0.1) is 17.2 Å². The molecule has 118 valence electrons. The molecule has 2 saturated heterocycles. The van der Waals surface area contributed by atoms with Crippen molar-refractivity contribution in [1.29, 1.82) is 0 Å². The molecule has 2 fully saturated rings. The van der Waals surface area contributed by atoms with E-state index in [0.717, 1.165) is 48.6 Å². The van der Waals surface area contributed by atoms with Crippen LogP contribution >= 0.6 is 15.9 Å². The summed E-state index contributed by atoms with van der Waals surface area (Å²) in [4.78, 5) is 11.3. The van der Waals surface area contributed by atoms with Crippen LogP contribution in [0.3, 0.4) is 0 Å². The Labute approximate surface area is 137 Å². The van der Waals surface area contributed by atoms with Crippen molar-refractivity contribution in [3.05, 3.63) is 23.1 Å². The highest BCUT2D eigenvalue weighted by Gasteiger charge is 2.47. The standard InChI is InChI=1S/C15H20BrN5O/c1-10-12(17)15(9-22-10)2-5-20(6-3-15)14-19-8-11(16)13-18-4-7-21(13)14/h4,7-8,10,12H,2-3,5-6,9,17H2,1H3/t10-,12+/m0/s1. The van der Waals surface area contributed by atoms with E-state index in [2.05, 4.69) is 37.7 Å². The fraction of sp³-hybridized carbons (Fsp3) is 0.600. The molecule has 0 saturated carbocycles. The Kier molecular flexibility index (Phi) is 3.39. The molecular formula is C15H20BrN5O. The zero-order valence-corrected chi connectivity index (χ0v) is 14.2. The zero-order chi connectivity index (χ0) is 15.3. The third-order valence-electron chi connectivity index (χ3n) is 5.25. The van der Waals surface area contributed by atoms with E-state index in [9.17, 15) is 0 Å². The molecule has 0 bridgehead atoms. The fourth-order valence-electron chi connectivity index (χ4n) is 3.73. The third-order valence-corrected chi connectivity index (χ3v) is 5.81. The van der Waals surface area contributed by atoms with Gasteiger partial charge >= 0.3 is 0 Å². The van der Waals surface area contributed by atoms with E-state index in [1.54, 1.807) is 6.20 Å². The second-order valence-electron chi connectivity index (χ2n) is 6.42. The number of fused-ring (bicyclic) bond motifs is 1. The van der Waals surface area contributed by atoms with Crippen LogP contribution in [0.2, 0.25) is 0 Å². The van der Waals surface area contributed by atoms with Gasteiger partial charge in [-0.2, -0.15) is 0 Å². The van der Waals surface area contributed by atoms with E-state index < -0.39 is 0 Å². The molecule has 0 unspecified atom stereocenters. The summed E-state index contributed by atoms with van der Waals surface area (Å²) >= 11 is 3.50. The van der Waals surface area contributed by atoms with Crippen LogP contribution in [0.15, 0.2) is 23.1 Å². The SMILES string of the molecule is C[C@@H]1OCC2(CCN(c3ncc(Br)c4nccn34)CC2)[C@@H]1N. The first-order valence-corrected chi connectivity index (χ1v) is 8.50. The molecule has 0 radical (unpaired) electrons. The van der Waals surface area contributed by atoms with Gasteiger partial charge in [-0.05, 0) is 35.7 Å². The van der Waals surface area contributed by atoms with Crippen LogP contribution in [0.4, 0.5) is 5.95 Å². The first-order valence-electron chi connectivity index (χ1n) is 7.70. The molecule has 4 heterocycles. The fourth-order valence-corrected chi connectivity index (χ4v) is 4.13. The highest BCUT2D eigenvalue weighted by Crippen LogP contribution is 2.41. The molecule has 0 aromatic carbocycles. The van der Waals surface area contributed by atoms with Gasteiger partial charge in [-0.25, -0.2) is 9.97 Å². The average molecular weight is 366 g/mol. The second kappa shape index (κ2) is 5.18. The Morgan fingerprint density at radius 1 is 1.36 bits per heavy atom. The molecule has 0 aliphatic carbocycles. The van der Waals surface area contributed by atoms with Crippen LogP contribution in [0.1, 0.15) is 19.8 Å². The average Bonchev–Trinajstić information content (AvgIpc) is 3.12. The molecule has 2 aromatic rings. The van der Waals surface area contributed by atoms with E-state index >= 15 is 0 Å². The van der Waals surface area contributed by atoms with Crippen LogP contribution < -0.4 is 10.6 Å². The molecule has 2 N–H and O–H groups in total. The highest BCUT2D eigenvalue weighted by atomic mass is 79.9. The largest absolute Gasteiger partial charge is 0.376 e. The summed E-state index contributed by atoms with van der Waals surface area (Å²) in [6.45, 7) is 4.77. The summed E-state index contributed by atoms with van der Waals surface area (Å²) < 4.78 is 8.74. The van der Waals surface area contributed by atoms with Gasteiger partial charge in [0.25, 0.3) is 0 Å². The van der Waals surface area contributed by atoms with Crippen molar-refractivity contribution in [3.8, 4) is 0 Å². The van der Waals surface area contributed by atoms with Crippen molar-refractivity contribution in [2.24, 2.45) is 11.1 Å². The lowest BCUT2D eigenvalue weighted by molar-refractivity contribution is 0.0973. The summed E-state index contributed by atoms with van der Waals surface area (Å²) in [5.74, 6) is 0.950. The van der Waals surface area contributed by atoms with Crippen LogP contribution in [0, 0.1) is 5.41 Å². The third kappa shape index (κ3) is 2.06. The number of anilines is 1. The van der Waals surface area contributed by atoms with E-state index in [1.807, 2.05) is 16.8 Å². The number of rotatable bonds is 1. The van der Waals surface area contributed by atoms with Crippen LogP contribution in [0.25, 0.3) is 5.65 Å². The lowest BCUT2D eigenvalue weighted by Crippen LogP contribution is -2.51. The number of imidazole rings is 1. The quantitative estimate of drug-likeness (QED) is 0.834. The minimum Gasteiger partial charge on any atom is -0.376 e. The predicted octanol–water partition coefficient (Wildman–Crippen LogP) is 1.82. The Hall–Kier alpha value is -1.18. The number of piperidine rings is 1. The first kappa shape index (κ1) is 14.4. The van der Waals surface area contributed by atoms with Gasteiger partial charge in [-0.15, -0.1) is 0 Å². The number of hydrogen-bond acceptors (Lipinski definition) is 5. The van der Waals surface area contributed by atoms with Crippen molar-refractivity contribution in [3.63, 3.8) is 0 Å². The molecule has 6 nitrogen and oxygen atoms in total. The number of ether oxygens (including phenoxy) is 1. The van der Waals surface area contributed by atoms with Crippen LogP contribution in [-0.4, -0.2) is 46.2 Å². The number of aromatic nitrogens is 3. The molecule has 1 spiro atoms. The van der Waals surface area contributed by atoms with Crippen molar-refractivity contribution in [1.82, 2.24) is 14.4 Å². The minimum absolute atomic E-state index is 0.138. The summed E-state index contributed by atoms with van der Waals surface area (Å²) in [5, 5.41) is 0. The maximum atomic E-state index is 6.39. The lowest BCUT2D eigenvalue weighted by Gasteiger charge is -2.41. The summed E-state index contributed by atoms with van der Waals surface area (Å²) in [6, 6.07) is 0.140. The summed E-state index contributed by atoms with van der Waals surface area (Å²) in [6.07, 6.45) is 7.85. The van der Waals surface area contributed by atoms with E-state index in [1.165, 1.54) is 0 Å². The summed E-state index contributed by atoms with van der Waals surface area (Å²) in [5.41, 5.74) is 7.43. The molecule has 0 amide bonds. The molecule has 7 heteroatoms. The van der Waals surface area contributed by atoms with Gasteiger partial charge in [0.1, 0.15) is 0 Å².